The molecule has 0 atom stereocenters. The molecule has 0 bridgehead atoms. The second-order valence-corrected chi connectivity index (χ2v) is 3.99. The van der Waals surface area contributed by atoms with Crippen LogP contribution in [-0.2, 0) is 13.0 Å². The van der Waals surface area contributed by atoms with Crippen LogP contribution in [0, 0.1) is 0 Å². The minimum Gasteiger partial charge on any atom is -0.477 e. The number of fused-ring (bicyclic) bond motifs is 1. The van der Waals surface area contributed by atoms with Crippen molar-refractivity contribution in [3.8, 4) is 0 Å². The van der Waals surface area contributed by atoms with Crippen molar-refractivity contribution < 1.29 is 9.90 Å². The molecule has 1 N–H and O–H groups in total. The predicted octanol–water partition coefficient (Wildman–Crippen LogP) is 1.68. The van der Waals surface area contributed by atoms with Gasteiger partial charge in [0.05, 0.1) is 5.39 Å². The zero-order chi connectivity index (χ0) is 13.3. The van der Waals surface area contributed by atoms with Gasteiger partial charge in [-0.2, -0.15) is 0 Å². The largest absolute Gasteiger partial charge is 0.477 e. The van der Waals surface area contributed by atoms with E-state index in [1.165, 1.54) is 6.20 Å². The maximum absolute atomic E-state index is 12.0. The molecule has 5 heteroatoms. The Balaban J connectivity index is 2.88. The quantitative estimate of drug-likeness (QED) is 0.894. The highest BCUT2D eigenvalue weighted by Gasteiger charge is 2.14. The van der Waals surface area contributed by atoms with E-state index >= 15 is 0 Å². The highest BCUT2D eigenvalue weighted by molar-refractivity contribution is 5.91. The first kappa shape index (κ1) is 12.3. The van der Waals surface area contributed by atoms with E-state index in [1.807, 2.05) is 13.8 Å². The maximum Gasteiger partial charge on any atom is 0.341 e. The van der Waals surface area contributed by atoms with E-state index < -0.39 is 11.4 Å². The Bertz CT molecular complexity index is 674. The van der Waals surface area contributed by atoms with Crippen molar-refractivity contribution in [3.63, 3.8) is 0 Å². The SMILES string of the molecule is CCc1ccc2c(=O)c(C(=O)O)cn(CC)c2n1. The van der Waals surface area contributed by atoms with E-state index in [0.717, 1.165) is 12.1 Å². The lowest BCUT2D eigenvalue weighted by Gasteiger charge is -2.09. The Labute approximate surface area is 104 Å². The Hall–Kier alpha value is -2.17. The van der Waals surface area contributed by atoms with Crippen molar-refractivity contribution in [2.24, 2.45) is 0 Å². The highest BCUT2D eigenvalue weighted by atomic mass is 16.4. The Kier molecular flexibility index (Phi) is 3.14. The van der Waals surface area contributed by atoms with Crippen molar-refractivity contribution in [2.45, 2.75) is 26.8 Å². The first-order chi connectivity index (χ1) is 8.58. The summed E-state index contributed by atoms with van der Waals surface area (Å²) < 4.78 is 1.69. The summed E-state index contributed by atoms with van der Waals surface area (Å²) in [4.78, 5) is 27.4. The first-order valence-corrected chi connectivity index (χ1v) is 5.84. The zero-order valence-electron chi connectivity index (χ0n) is 10.3. The number of aromatic carboxylic acids is 1. The lowest BCUT2D eigenvalue weighted by Crippen LogP contribution is -2.19. The minimum absolute atomic E-state index is 0.213. The van der Waals surface area contributed by atoms with Crippen LogP contribution in [0.4, 0.5) is 0 Å². The van der Waals surface area contributed by atoms with Gasteiger partial charge in [0, 0.05) is 18.4 Å². The van der Waals surface area contributed by atoms with Gasteiger partial charge in [-0.15, -0.1) is 0 Å². The van der Waals surface area contributed by atoms with Gasteiger partial charge in [0.25, 0.3) is 0 Å². The summed E-state index contributed by atoms with van der Waals surface area (Å²) in [7, 11) is 0. The molecule has 0 aliphatic heterocycles. The van der Waals surface area contributed by atoms with Crippen molar-refractivity contribution >= 4 is 17.0 Å². The fourth-order valence-electron chi connectivity index (χ4n) is 1.89. The molecule has 2 rings (SSSR count). The van der Waals surface area contributed by atoms with Crippen molar-refractivity contribution in [1.29, 1.82) is 0 Å². The van der Waals surface area contributed by atoms with E-state index in [9.17, 15) is 9.59 Å². The van der Waals surface area contributed by atoms with Gasteiger partial charge in [-0.3, -0.25) is 4.79 Å². The number of aryl methyl sites for hydroxylation is 2. The molecule has 2 heterocycles. The van der Waals surface area contributed by atoms with Gasteiger partial charge in [-0.1, -0.05) is 6.92 Å². The van der Waals surface area contributed by atoms with Gasteiger partial charge in [0.15, 0.2) is 0 Å². The average Bonchev–Trinajstić information content (AvgIpc) is 2.38. The van der Waals surface area contributed by atoms with Crippen molar-refractivity contribution in [3.05, 3.63) is 39.8 Å². The summed E-state index contributed by atoms with van der Waals surface area (Å²) in [6, 6.07) is 3.41. The topological polar surface area (TPSA) is 72.2 Å². The van der Waals surface area contributed by atoms with Crippen molar-refractivity contribution in [1.82, 2.24) is 9.55 Å². The predicted molar refractivity (Wildman–Crippen MR) is 68.0 cm³/mol. The number of carboxylic acid groups (broad SMARTS) is 1. The van der Waals surface area contributed by atoms with Crippen LogP contribution < -0.4 is 5.43 Å². The maximum atomic E-state index is 12.0. The highest BCUT2D eigenvalue weighted by Crippen LogP contribution is 2.11. The summed E-state index contributed by atoms with van der Waals surface area (Å²) in [6.07, 6.45) is 2.13. The van der Waals surface area contributed by atoms with Crippen LogP contribution in [0.25, 0.3) is 11.0 Å². The fraction of sp³-hybridized carbons (Fsp3) is 0.308. The summed E-state index contributed by atoms with van der Waals surface area (Å²) in [6.45, 7) is 4.43. The van der Waals surface area contributed by atoms with Gasteiger partial charge in [-0.05, 0) is 25.5 Å². The molecule has 0 amide bonds. The lowest BCUT2D eigenvalue weighted by molar-refractivity contribution is 0.0695. The van der Waals surface area contributed by atoms with Gasteiger partial charge >= 0.3 is 5.97 Å². The van der Waals surface area contributed by atoms with E-state index in [-0.39, 0.29) is 5.56 Å². The molecule has 0 aliphatic carbocycles. The number of aromatic nitrogens is 2. The normalized spacial score (nSPS) is 10.8. The molecule has 0 fully saturated rings. The molecule has 2 aromatic rings. The zero-order valence-corrected chi connectivity index (χ0v) is 10.3. The smallest absolute Gasteiger partial charge is 0.341 e. The number of carbonyl (C=O) groups is 1. The van der Waals surface area contributed by atoms with Crippen LogP contribution in [-0.4, -0.2) is 20.6 Å². The summed E-state index contributed by atoms with van der Waals surface area (Å²) >= 11 is 0. The molecule has 0 unspecified atom stereocenters. The molecule has 18 heavy (non-hydrogen) atoms. The molecule has 0 aromatic carbocycles. The molecule has 0 saturated heterocycles. The lowest BCUT2D eigenvalue weighted by atomic mass is 10.1. The molecular weight excluding hydrogens is 232 g/mol. The van der Waals surface area contributed by atoms with E-state index in [1.54, 1.807) is 16.7 Å². The number of carboxylic acids is 1. The summed E-state index contributed by atoms with van der Waals surface area (Å²) in [5.74, 6) is -1.20. The van der Waals surface area contributed by atoms with Gasteiger partial charge in [0.1, 0.15) is 11.2 Å². The fourth-order valence-corrected chi connectivity index (χ4v) is 1.89. The Morgan fingerprint density at radius 2 is 2.11 bits per heavy atom. The number of nitrogens with zero attached hydrogens (tertiary/aromatic N) is 2. The third-order valence-electron chi connectivity index (χ3n) is 2.91. The van der Waals surface area contributed by atoms with Crippen LogP contribution in [0.2, 0.25) is 0 Å². The van der Waals surface area contributed by atoms with Gasteiger partial charge in [-0.25, -0.2) is 9.78 Å². The third-order valence-corrected chi connectivity index (χ3v) is 2.91. The summed E-state index contributed by atoms with van der Waals surface area (Å²) in [5, 5.41) is 9.37. The van der Waals surface area contributed by atoms with Crippen LogP contribution in [0.1, 0.15) is 29.9 Å². The van der Waals surface area contributed by atoms with E-state index in [4.69, 9.17) is 5.11 Å². The molecule has 94 valence electrons. The van der Waals surface area contributed by atoms with Crippen LogP contribution in [0.15, 0.2) is 23.1 Å². The Morgan fingerprint density at radius 3 is 2.67 bits per heavy atom. The molecule has 5 nitrogen and oxygen atoms in total. The molecule has 0 saturated carbocycles. The molecule has 0 spiro atoms. The second kappa shape index (κ2) is 4.60. The number of hydrogen-bond donors (Lipinski definition) is 1. The monoisotopic (exact) mass is 246 g/mol. The molecule has 2 aromatic heterocycles. The van der Waals surface area contributed by atoms with E-state index in [0.29, 0.717) is 17.6 Å². The molecule has 0 radical (unpaired) electrons. The van der Waals surface area contributed by atoms with Crippen molar-refractivity contribution in [2.75, 3.05) is 0 Å². The third kappa shape index (κ3) is 1.88. The van der Waals surface area contributed by atoms with E-state index in [2.05, 4.69) is 4.98 Å². The van der Waals surface area contributed by atoms with Gasteiger partial charge in [0.2, 0.25) is 5.43 Å². The summed E-state index contributed by atoms with van der Waals surface area (Å²) in [5.41, 5.74) is 0.742. The van der Waals surface area contributed by atoms with Crippen LogP contribution in [0.3, 0.4) is 0 Å². The van der Waals surface area contributed by atoms with Crippen LogP contribution >= 0.6 is 0 Å². The standard InChI is InChI=1S/C13H14N2O3/c1-3-8-5-6-9-11(16)10(13(17)18)7-15(4-2)12(9)14-8/h5-7H,3-4H2,1-2H3,(H,17,18). The van der Waals surface area contributed by atoms with Crippen LogP contribution in [0.5, 0.6) is 0 Å². The Morgan fingerprint density at radius 1 is 1.39 bits per heavy atom. The first-order valence-electron chi connectivity index (χ1n) is 5.84. The number of hydrogen-bond acceptors (Lipinski definition) is 3. The molecular formula is C13H14N2O3. The number of rotatable bonds is 3. The minimum atomic E-state index is -1.20. The molecule has 0 aliphatic rings. The van der Waals surface area contributed by atoms with Gasteiger partial charge < -0.3 is 9.67 Å². The average molecular weight is 246 g/mol. The second-order valence-electron chi connectivity index (χ2n) is 3.99. The number of pyridine rings is 2.